The molecule has 0 saturated carbocycles. The molecule has 148 valence electrons. The van der Waals surface area contributed by atoms with E-state index in [9.17, 15) is 9.18 Å². The van der Waals surface area contributed by atoms with Crippen molar-refractivity contribution in [3.05, 3.63) is 65.5 Å². The van der Waals surface area contributed by atoms with Crippen LogP contribution in [0.3, 0.4) is 0 Å². The van der Waals surface area contributed by atoms with E-state index in [0.29, 0.717) is 50.5 Å². The summed E-state index contributed by atoms with van der Waals surface area (Å²) < 4.78 is 25.4. The van der Waals surface area contributed by atoms with Gasteiger partial charge in [0, 0.05) is 31.7 Å². The third-order valence-corrected chi connectivity index (χ3v) is 5.52. The second-order valence-electron chi connectivity index (χ2n) is 7.39. The monoisotopic (exact) mass is 384 g/mol. The Morgan fingerprint density at radius 2 is 1.96 bits per heavy atom. The molecule has 6 heteroatoms. The Kier molecular flexibility index (Phi) is 5.59. The Morgan fingerprint density at radius 1 is 1.14 bits per heavy atom. The van der Waals surface area contributed by atoms with Crippen molar-refractivity contribution < 1.29 is 18.7 Å². The normalized spacial score (nSPS) is 22.8. The number of fused-ring (bicyclic) bond motifs is 1. The van der Waals surface area contributed by atoms with Crippen LogP contribution in [0.1, 0.15) is 17.5 Å². The lowest BCUT2D eigenvalue weighted by Gasteiger charge is -2.30. The number of carbonyl (C=O) groups is 1. The summed E-state index contributed by atoms with van der Waals surface area (Å²) in [6.45, 7) is 2.82. The minimum Gasteiger partial charge on any atom is -0.497 e. The fourth-order valence-corrected chi connectivity index (χ4v) is 4.08. The largest absolute Gasteiger partial charge is 0.497 e. The number of nitrogens with zero attached hydrogens (tertiary/aromatic N) is 2. The zero-order valence-corrected chi connectivity index (χ0v) is 16.0. The fraction of sp³-hybridized carbons (Fsp3) is 0.409. The first-order valence-corrected chi connectivity index (χ1v) is 9.64. The minimum absolute atomic E-state index is 0.0242. The summed E-state index contributed by atoms with van der Waals surface area (Å²) in [5.41, 5.74) is 1.70. The number of amides is 1. The standard InChI is InChI=1S/C22H25FN2O3/c1-27-18-7-8-19(23)17(11-18)13-24-14-20-21(15-24)28-10-9-22(26)25(20)12-16-5-3-2-4-6-16/h2-8,11,20-21H,9-10,12-15H2,1H3/t20-,21-/m0/s1. The molecule has 2 aliphatic rings. The lowest BCUT2D eigenvalue weighted by atomic mass is 10.1. The van der Waals surface area contributed by atoms with Crippen LogP contribution in [0.25, 0.3) is 0 Å². The van der Waals surface area contributed by atoms with Crippen molar-refractivity contribution in [2.24, 2.45) is 0 Å². The predicted octanol–water partition coefficient (Wildman–Crippen LogP) is 2.84. The third kappa shape index (κ3) is 4.03. The van der Waals surface area contributed by atoms with E-state index in [2.05, 4.69) is 4.90 Å². The molecule has 0 unspecified atom stereocenters. The van der Waals surface area contributed by atoms with Crippen LogP contribution in [0.15, 0.2) is 48.5 Å². The lowest BCUT2D eigenvalue weighted by molar-refractivity contribution is -0.133. The van der Waals surface area contributed by atoms with Crippen LogP contribution in [0, 0.1) is 5.82 Å². The van der Waals surface area contributed by atoms with E-state index in [1.165, 1.54) is 6.07 Å². The van der Waals surface area contributed by atoms with Gasteiger partial charge in [-0.25, -0.2) is 4.39 Å². The quantitative estimate of drug-likeness (QED) is 0.795. The Labute approximate surface area is 164 Å². The van der Waals surface area contributed by atoms with Crippen molar-refractivity contribution in [1.29, 1.82) is 0 Å². The molecule has 0 spiro atoms. The van der Waals surface area contributed by atoms with Crippen LogP contribution >= 0.6 is 0 Å². The van der Waals surface area contributed by atoms with Gasteiger partial charge in [-0.1, -0.05) is 30.3 Å². The van der Waals surface area contributed by atoms with Gasteiger partial charge in [0.25, 0.3) is 0 Å². The molecule has 0 radical (unpaired) electrons. The molecule has 2 heterocycles. The van der Waals surface area contributed by atoms with Gasteiger partial charge >= 0.3 is 0 Å². The number of halogens is 1. The number of methoxy groups -OCH3 is 1. The highest BCUT2D eigenvalue weighted by Crippen LogP contribution is 2.27. The SMILES string of the molecule is COc1ccc(F)c(CN2C[C@@H]3OCCC(=O)N(Cc4ccccc4)[C@H]3C2)c1. The molecule has 1 amide bonds. The Balaban J connectivity index is 1.51. The van der Waals surface area contributed by atoms with E-state index in [-0.39, 0.29) is 23.9 Å². The molecule has 0 aliphatic carbocycles. The van der Waals surface area contributed by atoms with Gasteiger partial charge in [-0.3, -0.25) is 9.69 Å². The zero-order valence-electron chi connectivity index (χ0n) is 16.0. The average Bonchev–Trinajstić information content (AvgIpc) is 3.04. The van der Waals surface area contributed by atoms with Gasteiger partial charge in [0.15, 0.2) is 0 Å². The van der Waals surface area contributed by atoms with Crippen LogP contribution in [-0.2, 0) is 22.6 Å². The second kappa shape index (κ2) is 8.29. The van der Waals surface area contributed by atoms with Gasteiger partial charge in [-0.15, -0.1) is 0 Å². The maximum absolute atomic E-state index is 14.2. The molecule has 2 aromatic rings. The summed E-state index contributed by atoms with van der Waals surface area (Å²) in [5.74, 6) is 0.513. The summed E-state index contributed by atoms with van der Waals surface area (Å²) in [7, 11) is 1.58. The van der Waals surface area contributed by atoms with Gasteiger partial charge in [0.1, 0.15) is 11.6 Å². The summed E-state index contributed by atoms with van der Waals surface area (Å²) in [6.07, 6.45) is 0.355. The molecule has 2 fully saturated rings. The van der Waals surface area contributed by atoms with E-state index < -0.39 is 0 Å². The maximum atomic E-state index is 14.2. The predicted molar refractivity (Wildman–Crippen MR) is 103 cm³/mol. The highest BCUT2D eigenvalue weighted by atomic mass is 19.1. The van der Waals surface area contributed by atoms with Crippen molar-refractivity contribution in [2.75, 3.05) is 26.8 Å². The van der Waals surface area contributed by atoms with Gasteiger partial charge in [0.2, 0.25) is 5.91 Å². The second-order valence-corrected chi connectivity index (χ2v) is 7.39. The average molecular weight is 384 g/mol. The zero-order chi connectivity index (χ0) is 19.5. The van der Waals surface area contributed by atoms with Crippen molar-refractivity contribution in [3.8, 4) is 5.75 Å². The number of benzene rings is 2. The van der Waals surface area contributed by atoms with E-state index in [4.69, 9.17) is 9.47 Å². The number of rotatable bonds is 5. The highest BCUT2D eigenvalue weighted by Gasteiger charge is 2.41. The number of ether oxygens (including phenoxy) is 2. The molecule has 2 aliphatic heterocycles. The topological polar surface area (TPSA) is 42.0 Å². The minimum atomic E-state index is -0.244. The molecule has 0 aromatic heterocycles. The number of carbonyl (C=O) groups excluding carboxylic acids is 1. The first-order valence-electron chi connectivity index (χ1n) is 9.64. The van der Waals surface area contributed by atoms with Gasteiger partial charge in [0.05, 0.1) is 32.3 Å². The summed E-state index contributed by atoms with van der Waals surface area (Å²) in [4.78, 5) is 16.8. The number of hydrogen-bond acceptors (Lipinski definition) is 4. The van der Waals surface area contributed by atoms with Crippen LogP contribution in [0.4, 0.5) is 4.39 Å². The first kappa shape index (κ1) is 18.9. The molecule has 0 bridgehead atoms. The van der Waals surface area contributed by atoms with E-state index in [1.807, 2.05) is 35.2 Å². The van der Waals surface area contributed by atoms with Crippen LogP contribution in [0.2, 0.25) is 0 Å². The van der Waals surface area contributed by atoms with Crippen LogP contribution < -0.4 is 4.74 Å². The van der Waals surface area contributed by atoms with Gasteiger partial charge in [-0.05, 0) is 23.8 Å². The molecule has 0 N–H and O–H groups in total. The molecule has 2 aromatic carbocycles. The van der Waals surface area contributed by atoms with Crippen molar-refractivity contribution in [2.45, 2.75) is 31.7 Å². The summed E-state index contributed by atoms with van der Waals surface area (Å²) >= 11 is 0. The third-order valence-electron chi connectivity index (χ3n) is 5.52. The van der Waals surface area contributed by atoms with E-state index in [0.717, 1.165) is 5.56 Å². The smallest absolute Gasteiger partial charge is 0.225 e. The van der Waals surface area contributed by atoms with E-state index >= 15 is 0 Å². The Morgan fingerprint density at radius 3 is 2.75 bits per heavy atom. The van der Waals surface area contributed by atoms with Gasteiger partial charge < -0.3 is 14.4 Å². The summed E-state index contributed by atoms with van der Waals surface area (Å²) in [5, 5.41) is 0. The van der Waals surface area contributed by atoms with Crippen LogP contribution in [0.5, 0.6) is 5.75 Å². The number of likely N-dealkylation sites (tertiary alicyclic amines) is 1. The Bertz CT molecular complexity index is 830. The van der Waals surface area contributed by atoms with E-state index in [1.54, 1.807) is 19.2 Å². The Hall–Kier alpha value is -2.44. The fourth-order valence-electron chi connectivity index (χ4n) is 4.08. The molecular weight excluding hydrogens is 359 g/mol. The molecule has 2 saturated heterocycles. The highest BCUT2D eigenvalue weighted by molar-refractivity contribution is 5.77. The maximum Gasteiger partial charge on any atom is 0.225 e. The number of hydrogen-bond donors (Lipinski definition) is 0. The molecule has 2 atom stereocenters. The van der Waals surface area contributed by atoms with Gasteiger partial charge in [-0.2, -0.15) is 0 Å². The molecule has 4 rings (SSSR count). The first-order chi connectivity index (χ1) is 13.6. The molecule has 5 nitrogen and oxygen atoms in total. The summed E-state index contributed by atoms with van der Waals surface area (Å²) in [6, 6.07) is 14.8. The van der Waals surface area contributed by atoms with Crippen LogP contribution in [-0.4, -0.2) is 54.7 Å². The lowest BCUT2D eigenvalue weighted by Crippen LogP contribution is -2.45. The van der Waals surface area contributed by atoms with Crippen molar-refractivity contribution >= 4 is 5.91 Å². The molecule has 28 heavy (non-hydrogen) atoms. The van der Waals surface area contributed by atoms with Crippen molar-refractivity contribution in [3.63, 3.8) is 0 Å². The molecular formula is C22H25FN2O3. The van der Waals surface area contributed by atoms with Crippen molar-refractivity contribution in [1.82, 2.24) is 9.80 Å².